The number of nitrogens with one attached hydrogen (secondary N) is 1. The molecular formula is C21H27ClN6O. The SMILES string of the molecule is Cc1nn(CCNC(=O)c2cc(C3CC3)nc3c2c(C)nn3C(C)C)c(C)c1Cl. The molecule has 0 atom stereocenters. The van der Waals surface area contributed by atoms with Gasteiger partial charge in [-0.15, -0.1) is 0 Å². The van der Waals surface area contributed by atoms with E-state index in [2.05, 4.69) is 29.4 Å². The molecule has 0 saturated heterocycles. The molecule has 29 heavy (non-hydrogen) atoms. The molecule has 1 aliphatic rings. The van der Waals surface area contributed by atoms with Gasteiger partial charge < -0.3 is 5.32 Å². The highest BCUT2D eigenvalue weighted by molar-refractivity contribution is 6.31. The number of aromatic nitrogens is 5. The topological polar surface area (TPSA) is 77.6 Å². The minimum Gasteiger partial charge on any atom is -0.350 e. The Hall–Kier alpha value is -2.41. The number of aryl methyl sites for hydroxylation is 2. The van der Waals surface area contributed by atoms with Crippen molar-refractivity contribution in [2.45, 2.75) is 66.0 Å². The molecule has 3 aromatic rings. The smallest absolute Gasteiger partial charge is 0.252 e. The average Bonchev–Trinajstić information content (AvgIpc) is 3.44. The normalized spacial score (nSPS) is 14.2. The van der Waals surface area contributed by atoms with Crippen molar-refractivity contribution in [3.63, 3.8) is 0 Å². The molecule has 3 heterocycles. The standard InChI is InChI=1S/C21H27ClN6O/c1-11(2)28-20-18(12(3)26-28)16(10-17(24-20)15-6-7-15)21(29)23-8-9-27-14(5)19(22)13(4)25-27/h10-11,15H,6-9H2,1-5H3,(H,23,29). The van der Waals surface area contributed by atoms with Gasteiger partial charge in [-0.3, -0.25) is 9.48 Å². The van der Waals surface area contributed by atoms with Crippen LogP contribution in [0.4, 0.5) is 0 Å². The summed E-state index contributed by atoms with van der Waals surface area (Å²) in [5, 5.41) is 13.6. The highest BCUT2D eigenvalue weighted by Crippen LogP contribution is 2.40. The monoisotopic (exact) mass is 414 g/mol. The van der Waals surface area contributed by atoms with Gasteiger partial charge in [-0.2, -0.15) is 10.2 Å². The molecule has 1 aliphatic carbocycles. The van der Waals surface area contributed by atoms with Crippen molar-refractivity contribution in [2.75, 3.05) is 6.54 Å². The lowest BCUT2D eigenvalue weighted by Gasteiger charge is -2.11. The lowest BCUT2D eigenvalue weighted by molar-refractivity contribution is 0.0953. The maximum absolute atomic E-state index is 13.1. The summed E-state index contributed by atoms with van der Waals surface area (Å²) in [5.41, 5.74) is 5.01. The summed E-state index contributed by atoms with van der Waals surface area (Å²) in [6.45, 7) is 11.0. The molecule has 0 bridgehead atoms. The van der Waals surface area contributed by atoms with E-state index in [4.69, 9.17) is 16.6 Å². The van der Waals surface area contributed by atoms with Crippen molar-refractivity contribution in [1.82, 2.24) is 29.9 Å². The molecule has 4 rings (SSSR count). The van der Waals surface area contributed by atoms with E-state index < -0.39 is 0 Å². The first-order valence-corrected chi connectivity index (χ1v) is 10.5. The van der Waals surface area contributed by atoms with E-state index in [1.165, 1.54) is 0 Å². The van der Waals surface area contributed by atoms with Crippen molar-refractivity contribution >= 4 is 28.5 Å². The number of nitrogens with zero attached hydrogens (tertiary/aromatic N) is 5. The molecule has 0 aliphatic heterocycles. The van der Waals surface area contributed by atoms with Crippen LogP contribution in [0.5, 0.6) is 0 Å². The van der Waals surface area contributed by atoms with Gasteiger partial charge in [0.1, 0.15) is 0 Å². The second-order valence-corrected chi connectivity index (χ2v) is 8.53. The molecule has 1 amide bonds. The highest BCUT2D eigenvalue weighted by atomic mass is 35.5. The van der Waals surface area contributed by atoms with E-state index >= 15 is 0 Å². The van der Waals surface area contributed by atoms with Crippen LogP contribution in [-0.4, -0.2) is 37.0 Å². The zero-order valence-corrected chi connectivity index (χ0v) is 18.3. The lowest BCUT2D eigenvalue weighted by atomic mass is 10.1. The van der Waals surface area contributed by atoms with E-state index in [0.717, 1.165) is 46.7 Å². The molecule has 1 N–H and O–H groups in total. The van der Waals surface area contributed by atoms with Gasteiger partial charge in [0.15, 0.2) is 5.65 Å². The van der Waals surface area contributed by atoms with E-state index in [1.54, 1.807) is 0 Å². The largest absolute Gasteiger partial charge is 0.350 e. The Bertz CT molecular complexity index is 1090. The number of halogens is 1. The van der Waals surface area contributed by atoms with E-state index in [-0.39, 0.29) is 11.9 Å². The van der Waals surface area contributed by atoms with Gasteiger partial charge in [0.05, 0.1) is 39.6 Å². The van der Waals surface area contributed by atoms with Crippen molar-refractivity contribution in [3.8, 4) is 0 Å². The van der Waals surface area contributed by atoms with Crippen LogP contribution in [0, 0.1) is 20.8 Å². The summed E-state index contributed by atoms with van der Waals surface area (Å²) in [7, 11) is 0. The summed E-state index contributed by atoms with van der Waals surface area (Å²) in [6.07, 6.45) is 2.26. The number of rotatable bonds is 6. The number of fused-ring (bicyclic) bond motifs is 1. The lowest BCUT2D eigenvalue weighted by Crippen LogP contribution is -2.28. The van der Waals surface area contributed by atoms with Gasteiger partial charge in [-0.1, -0.05) is 11.6 Å². The minimum absolute atomic E-state index is 0.0988. The molecule has 0 unspecified atom stereocenters. The number of carbonyl (C=O) groups is 1. The van der Waals surface area contributed by atoms with Gasteiger partial charge >= 0.3 is 0 Å². The van der Waals surface area contributed by atoms with Gasteiger partial charge in [-0.05, 0) is 53.5 Å². The Kier molecular flexibility index (Phi) is 5.11. The third-order valence-corrected chi connectivity index (χ3v) is 6.04. The van der Waals surface area contributed by atoms with E-state index in [9.17, 15) is 4.79 Å². The average molecular weight is 415 g/mol. The van der Waals surface area contributed by atoms with Crippen LogP contribution in [0.3, 0.4) is 0 Å². The Morgan fingerprint density at radius 2 is 1.97 bits per heavy atom. The first-order chi connectivity index (χ1) is 13.8. The quantitative estimate of drug-likeness (QED) is 0.658. The summed E-state index contributed by atoms with van der Waals surface area (Å²) in [6, 6.07) is 2.13. The molecular weight excluding hydrogens is 388 g/mol. The Balaban J connectivity index is 1.61. The number of amides is 1. The van der Waals surface area contributed by atoms with Crippen LogP contribution >= 0.6 is 11.6 Å². The van der Waals surface area contributed by atoms with Crippen LogP contribution in [-0.2, 0) is 6.54 Å². The van der Waals surface area contributed by atoms with E-state index in [0.29, 0.717) is 29.6 Å². The van der Waals surface area contributed by atoms with Crippen LogP contribution in [0.25, 0.3) is 11.0 Å². The minimum atomic E-state index is -0.0988. The van der Waals surface area contributed by atoms with Gasteiger partial charge in [0.25, 0.3) is 5.91 Å². The van der Waals surface area contributed by atoms with Crippen molar-refractivity contribution in [1.29, 1.82) is 0 Å². The summed E-state index contributed by atoms with van der Waals surface area (Å²) >= 11 is 6.21. The van der Waals surface area contributed by atoms with Crippen LogP contribution in [0.15, 0.2) is 6.07 Å². The molecule has 0 aromatic carbocycles. The van der Waals surface area contributed by atoms with E-state index in [1.807, 2.05) is 36.2 Å². The summed E-state index contributed by atoms with van der Waals surface area (Å²) in [4.78, 5) is 18.0. The fourth-order valence-corrected chi connectivity index (χ4v) is 3.86. The maximum Gasteiger partial charge on any atom is 0.252 e. The molecule has 0 spiro atoms. The first-order valence-electron chi connectivity index (χ1n) is 10.1. The van der Waals surface area contributed by atoms with Gasteiger partial charge in [0, 0.05) is 24.2 Å². The Morgan fingerprint density at radius 3 is 2.55 bits per heavy atom. The zero-order valence-electron chi connectivity index (χ0n) is 17.6. The number of pyridine rings is 1. The fourth-order valence-electron chi connectivity index (χ4n) is 3.72. The number of hydrogen-bond acceptors (Lipinski definition) is 4. The summed E-state index contributed by atoms with van der Waals surface area (Å²) in [5.74, 6) is 0.358. The molecule has 1 fully saturated rings. The second kappa shape index (κ2) is 7.44. The zero-order chi connectivity index (χ0) is 20.9. The molecule has 1 saturated carbocycles. The third kappa shape index (κ3) is 3.64. The third-order valence-electron chi connectivity index (χ3n) is 5.49. The molecule has 3 aromatic heterocycles. The second-order valence-electron chi connectivity index (χ2n) is 8.16. The molecule has 7 nitrogen and oxygen atoms in total. The highest BCUT2D eigenvalue weighted by Gasteiger charge is 2.29. The molecule has 8 heteroatoms. The molecule has 154 valence electrons. The summed E-state index contributed by atoms with van der Waals surface area (Å²) < 4.78 is 3.75. The van der Waals surface area contributed by atoms with Gasteiger partial charge in [-0.25, -0.2) is 9.67 Å². The maximum atomic E-state index is 13.1. The van der Waals surface area contributed by atoms with Crippen LogP contribution in [0.2, 0.25) is 5.02 Å². The van der Waals surface area contributed by atoms with Crippen molar-refractivity contribution in [3.05, 3.63) is 39.4 Å². The predicted octanol–water partition coefficient (Wildman–Crippen LogP) is 4.09. The fraction of sp³-hybridized carbons (Fsp3) is 0.524. The van der Waals surface area contributed by atoms with Crippen molar-refractivity contribution in [2.24, 2.45) is 0 Å². The Morgan fingerprint density at radius 1 is 1.24 bits per heavy atom. The first kappa shape index (κ1) is 19.9. The Labute approximate surface area is 175 Å². The van der Waals surface area contributed by atoms with Crippen LogP contribution in [0.1, 0.15) is 71.8 Å². The van der Waals surface area contributed by atoms with Crippen molar-refractivity contribution < 1.29 is 4.79 Å². The van der Waals surface area contributed by atoms with Crippen LogP contribution < -0.4 is 5.32 Å². The predicted molar refractivity (Wildman–Crippen MR) is 114 cm³/mol. The molecule has 0 radical (unpaired) electrons. The van der Waals surface area contributed by atoms with Gasteiger partial charge in [0.2, 0.25) is 0 Å². The number of carbonyl (C=O) groups excluding carboxylic acids is 1. The number of hydrogen-bond donors (Lipinski definition) is 1.